The summed E-state index contributed by atoms with van der Waals surface area (Å²) in [6, 6.07) is 7.90. The summed E-state index contributed by atoms with van der Waals surface area (Å²) in [6.45, 7) is 5.32. The number of aromatic nitrogens is 4. The van der Waals surface area contributed by atoms with Crippen molar-refractivity contribution in [1.29, 1.82) is 0 Å². The standard InChI is InChI=1S/C19H19N5O2S/c1-12(2)11-24-15-6-4-3-5-14(15)22-16(24)10-20-17(25)13-9-21-19-23(18(13)26)7-8-27-19/h3-9,12H,10-11H2,1-2H3,(H,20,25). The highest BCUT2D eigenvalue weighted by atomic mass is 32.1. The van der Waals surface area contributed by atoms with Gasteiger partial charge in [-0.3, -0.25) is 14.0 Å². The molecule has 0 unspecified atom stereocenters. The largest absolute Gasteiger partial charge is 0.345 e. The zero-order valence-electron chi connectivity index (χ0n) is 15.0. The van der Waals surface area contributed by atoms with E-state index in [1.54, 1.807) is 11.6 Å². The van der Waals surface area contributed by atoms with Crippen LogP contribution in [0.5, 0.6) is 0 Å². The second kappa shape index (κ2) is 6.96. The molecule has 7 nitrogen and oxygen atoms in total. The van der Waals surface area contributed by atoms with Gasteiger partial charge in [-0.2, -0.15) is 0 Å². The number of fused-ring (bicyclic) bond motifs is 2. The summed E-state index contributed by atoms with van der Waals surface area (Å²) in [5, 5.41) is 4.58. The van der Waals surface area contributed by atoms with E-state index in [-0.39, 0.29) is 17.7 Å². The molecule has 4 rings (SSSR count). The van der Waals surface area contributed by atoms with Crippen LogP contribution in [-0.2, 0) is 13.1 Å². The van der Waals surface area contributed by atoms with E-state index in [9.17, 15) is 9.59 Å². The third-order valence-electron chi connectivity index (χ3n) is 4.28. The van der Waals surface area contributed by atoms with E-state index in [1.807, 2.05) is 24.3 Å². The Balaban J connectivity index is 1.61. The first kappa shape index (κ1) is 17.4. The van der Waals surface area contributed by atoms with Crippen LogP contribution in [-0.4, -0.2) is 24.8 Å². The third kappa shape index (κ3) is 3.23. The van der Waals surface area contributed by atoms with E-state index in [2.05, 4.69) is 33.7 Å². The number of carbonyl (C=O) groups excluding carboxylic acids is 1. The first-order valence-electron chi connectivity index (χ1n) is 8.72. The number of hydrogen-bond acceptors (Lipinski definition) is 5. The number of carbonyl (C=O) groups is 1. The van der Waals surface area contributed by atoms with Crippen molar-refractivity contribution in [1.82, 2.24) is 24.3 Å². The Kier molecular flexibility index (Phi) is 4.49. The molecular weight excluding hydrogens is 362 g/mol. The lowest BCUT2D eigenvalue weighted by Gasteiger charge is -2.12. The Morgan fingerprint density at radius 1 is 1.30 bits per heavy atom. The number of imidazole rings is 1. The average molecular weight is 381 g/mol. The molecule has 0 radical (unpaired) electrons. The molecule has 8 heteroatoms. The zero-order valence-corrected chi connectivity index (χ0v) is 15.9. The molecule has 3 heterocycles. The van der Waals surface area contributed by atoms with Gasteiger partial charge in [0.1, 0.15) is 11.4 Å². The Hall–Kier alpha value is -3.00. The number of nitrogens with one attached hydrogen (secondary N) is 1. The van der Waals surface area contributed by atoms with Crippen LogP contribution in [0.4, 0.5) is 0 Å². The van der Waals surface area contributed by atoms with Crippen molar-refractivity contribution in [3.63, 3.8) is 0 Å². The number of thiazole rings is 1. The van der Waals surface area contributed by atoms with Gasteiger partial charge in [-0.25, -0.2) is 9.97 Å². The maximum Gasteiger partial charge on any atom is 0.271 e. The molecule has 0 aliphatic rings. The van der Waals surface area contributed by atoms with Gasteiger partial charge in [0, 0.05) is 24.3 Å². The molecule has 0 saturated heterocycles. The van der Waals surface area contributed by atoms with Crippen LogP contribution in [0.3, 0.4) is 0 Å². The molecule has 27 heavy (non-hydrogen) atoms. The normalized spacial score (nSPS) is 11.5. The minimum Gasteiger partial charge on any atom is -0.345 e. The summed E-state index contributed by atoms with van der Waals surface area (Å²) >= 11 is 1.35. The maximum absolute atomic E-state index is 12.6. The van der Waals surface area contributed by atoms with Gasteiger partial charge in [0.25, 0.3) is 11.5 Å². The second-order valence-corrected chi connectivity index (χ2v) is 7.61. The molecule has 0 atom stereocenters. The summed E-state index contributed by atoms with van der Waals surface area (Å²) < 4.78 is 3.50. The average Bonchev–Trinajstić information content (AvgIpc) is 3.25. The fraction of sp³-hybridized carbons (Fsp3) is 0.263. The Morgan fingerprint density at radius 2 is 2.11 bits per heavy atom. The van der Waals surface area contributed by atoms with Gasteiger partial charge in [0.2, 0.25) is 0 Å². The topological polar surface area (TPSA) is 81.3 Å². The quantitative estimate of drug-likeness (QED) is 0.576. The number of rotatable bonds is 5. The van der Waals surface area contributed by atoms with Crippen LogP contribution in [0, 0.1) is 5.92 Å². The molecule has 1 aromatic carbocycles. The fourth-order valence-electron chi connectivity index (χ4n) is 3.06. The summed E-state index contributed by atoms with van der Waals surface area (Å²) in [7, 11) is 0. The van der Waals surface area contributed by atoms with E-state index in [1.165, 1.54) is 21.9 Å². The number of benzene rings is 1. The van der Waals surface area contributed by atoms with Crippen LogP contribution >= 0.6 is 11.3 Å². The highest BCUT2D eigenvalue weighted by Gasteiger charge is 2.16. The zero-order chi connectivity index (χ0) is 19.0. The van der Waals surface area contributed by atoms with Crippen LogP contribution < -0.4 is 10.9 Å². The summed E-state index contributed by atoms with van der Waals surface area (Å²) in [6.07, 6.45) is 2.95. The molecule has 0 saturated carbocycles. The lowest BCUT2D eigenvalue weighted by Crippen LogP contribution is -2.31. The van der Waals surface area contributed by atoms with Gasteiger partial charge >= 0.3 is 0 Å². The van der Waals surface area contributed by atoms with Gasteiger partial charge in [-0.05, 0) is 18.1 Å². The molecule has 138 valence electrons. The molecule has 4 aromatic rings. The molecule has 1 amide bonds. The first-order chi connectivity index (χ1) is 13.0. The molecule has 0 fully saturated rings. The van der Waals surface area contributed by atoms with Crippen molar-refractivity contribution < 1.29 is 4.79 Å². The SMILES string of the molecule is CC(C)Cn1c(CNC(=O)c2cnc3sccn3c2=O)nc2ccccc21. The minimum absolute atomic E-state index is 0.0254. The van der Waals surface area contributed by atoms with Crippen LogP contribution in [0.25, 0.3) is 16.0 Å². The van der Waals surface area contributed by atoms with Gasteiger partial charge in [0.15, 0.2) is 4.96 Å². The third-order valence-corrected chi connectivity index (χ3v) is 5.05. The molecular formula is C19H19N5O2S. The number of para-hydroxylation sites is 2. The lowest BCUT2D eigenvalue weighted by atomic mass is 10.2. The predicted octanol–water partition coefficient (Wildman–Crippen LogP) is 2.69. The lowest BCUT2D eigenvalue weighted by molar-refractivity contribution is 0.0947. The molecule has 1 N–H and O–H groups in total. The van der Waals surface area contributed by atoms with E-state index >= 15 is 0 Å². The Morgan fingerprint density at radius 3 is 2.93 bits per heavy atom. The molecule has 0 bridgehead atoms. The molecule has 0 aliphatic carbocycles. The Labute approximate surface area is 159 Å². The maximum atomic E-state index is 12.6. The van der Waals surface area contributed by atoms with E-state index in [0.717, 1.165) is 23.4 Å². The van der Waals surface area contributed by atoms with Gasteiger partial charge in [-0.1, -0.05) is 26.0 Å². The van der Waals surface area contributed by atoms with Crippen LogP contribution in [0.15, 0.2) is 46.8 Å². The minimum atomic E-state index is -0.448. The van der Waals surface area contributed by atoms with E-state index < -0.39 is 5.91 Å². The molecule has 0 aliphatic heterocycles. The fourth-order valence-corrected chi connectivity index (χ4v) is 3.74. The van der Waals surface area contributed by atoms with Crippen molar-refractivity contribution >= 4 is 33.2 Å². The van der Waals surface area contributed by atoms with Gasteiger partial charge in [-0.15, -0.1) is 11.3 Å². The second-order valence-electron chi connectivity index (χ2n) is 6.74. The summed E-state index contributed by atoms with van der Waals surface area (Å²) in [5.41, 5.74) is 1.59. The van der Waals surface area contributed by atoms with Crippen molar-refractivity contribution in [3.05, 3.63) is 63.8 Å². The number of hydrogen-bond donors (Lipinski definition) is 1. The summed E-state index contributed by atoms with van der Waals surface area (Å²) in [4.78, 5) is 34.4. The number of amides is 1. The smallest absolute Gasteiger partial charge is 0.271 e. The summed E-state index contributed by atoms with van der Waals surface area (Å²) in [5.74, 6) is 0.756. The van der Waals surface area contributed by atoms with Crippen LogP contribution in [0.1, 0.15) is 30.0 Å². The van der Waals surface area contributed by atoms with E-state index in [0.29, 0.717) is 10.9 Å². The van der Waals surface area contributed by atoms with Crippen LogP contribution in [0.2, 0.25) is 0 Å². The van der Waals surface area contributed by atoms with E-state index in [4.69, 9.17) is 0 Å². The Bertz CT molecular complexity index is 1190. The van der Waals surface area contributed by atoms with Crippen molar-refractivity contribution in [2.75, 3.05) is 0 Å². The van der Waals surface area contributed by atoms with Crippen molar-refractivity contribution in [2.45, 2.75) is 26.9 Å². The highest BCUT2D eigenvalue weighted by Crippen LogP contribution is 2.18. The number of nitrogens with zero attached hydrogens (tertiary/aromatic N) is 4. The monoisotopic (exact) mass is 381 g/mol. The predicted molar refractivity (Wildman–Crippen MR) is 105 cm³/mol. The highest BCUT2D eigenvalue weighted by molar-refractivity contribution is 7.15. The first-order valence-corrected chi connectivity index (χ1v) is 9.60. The van der Waals surface area contributed by atoms with Gasteiger partial charge in [0.05, 0.1) is 17.6 Å². The van der Waals surface area contributed by atoms with Gasteiger partial charge < -0.3 is 9.88 Å². The molecule has 0 spiro atoms. The van der Waals surface area contributed by atoms with Crippen molar-refractivity contribution in [3.8, 4) is 0 Å². The van der Waals surface area contributed by atoms with Crippen molar-refractivity contribution in [2.24, 2.45) is 5.92 Å². The molecule has 3 aromatic heterocycles.